The zero-order chi connectivity index (χ0) is 17.1. The number of rotatable bonds is 5. The minimum absolute atomic E-state index is 0.163. The molecule has 3 rings (SSSR count). The molecule has 1 heterocycles. The van der Waals surface area contributed by atoms with Crippen LogP contribution in [0.4, 0.5) is 0 Å². The molecule has 0 aliphatic rings. The van der Waals surface area contributed by atoms with E-state index in [0.717, 1.165) is 16.5 Å². The van der Waals surface area contributed by atoms with Crippen LogP contribution in [0, 0.1) is 0 Å². The first-order chi connectivity index (χ1) is 11.6. The van der Waals surface area contributed by atoms with Crippen molar-refractivity contribution in [1.29, 1.82) is 0 Å². The highest BCUT2D eigenvalue weighted by molar-refractivity contribution is 5.82. The number of aryl methyl sites for hydroxylation is 1. The third-order valence-corrected chi connectivity index (χ3v) is 4.31. The van der Waals surface area contributed by atoms with Gasteiger partial charge in [0, 0.05) is 30.1 Å². The van der Waals surface area contributed by atoms with Crippen molar-refractivity contribution in [3.8, 4) is 5.75 Å². The fourth-order valence-corrected chi connectivity index (χ4v) is 2.86. The maximum atomic E-state index is 11.8. The monoisotopic (exact) mass is 323 g/mol. The molecular weight excluding hydrogens is 302 g/mol. The standard InChI is InChI=1S/C20H21NO3/c1-3-14-9-17-16(10-20(23)24-19(17)11-18(14)22)12-21-13(2)15-7-5-4-6-8-15/h4-11,13,21-22H,3,12H2,1-2H3/t13-/m1/s1. The van der Waals surface area contributed by atoms with Crippen LogP contribution in [0.25, 0.3) is 11.0 Å². The predicted octanol–water partition coefficient (Wildman–Crippen LogP) is 3.91. The van der Waals surface area contributed by atoms with Gasteiger partial charge in [-0.2, -0.15) is 0 Å². The van der Waals surface area contributed by atoms with Crippen molar-refractivity contribution >= 4 is 11.0 Å². The lowest BCUT2D eigenvalue weighted by Crippen LogP contribution is -2.19. The summed E-state index contributed by atoms with van der Waals surface area (Å²) < 4.78 is 5.23. The molecule has 3 aromatic rings. The van der Waals surface area contributed by atoms with E-state index in [1.54, 1.807) is 0 Å². The zero-order valence-electron chi connectivity index (χ0n) is 13.9. The average molecular weight is 323 g/mol. The summed E-state index contributed by atoms with van der Waals surface area (Å²) in [6.07, 6.45) is 0.716. The summed E-state index contributed by atoms with van der Waals surface area (Å²) in [7, 11) is 0. The molecule has 24 heavy (non-hydrogen) atoms. The molecule has 0 aliphatic carbocycles. The van der Waals surface area contributed by atoms with E-state index in [-0.39, 0.29) is 11.8 Å². The van der Waals surface area contributed by atoms with Gasteiger partial charge in [0.05, 0.1) is 0 Å². The highest BCUT2D eigenvalue weighted by Crippen LogP contribution is 2.27. The van der Waals surface area contributed by atoms with Crippen LogP contribution in [0.5, 0.6) is 5.75 Å². The quantitative estimate of drug-likeness (QED) is 0.699. The Bertz CT molecular complexity index is 900. The zero-order valence-corrected chi connectivity index (χ0v) is 13.9. The molecule has 124 valence electrons. The van der Waals surface area contributed by atoms with Crippen LogP contribution < -0.4 is 10.9 Å². The summed E-state index contributed by atoms with van der Waals surface area (Å²) in [5.74, 6) is 0.163. The lowest BCUT2D eigenvalue weighted by atomic mass is 10.0. The highest BCUT2D eigenvalue weighted by atomic mass is 16.4. The lowest BCUT2D eigenvalue weighted by Gasteiger charge is -2.15. The van der Waals surface area contributed by atoms with E-state index in [2.05, 4.69) is 24.4 Å². The smallest absolute Gasteiger partial charge is 0.336 e. The number of benzene rings is 2. The third-order valence-electron chi connectivity index (χ3n) is 4.31. The molecule has 4 heteroatoms. The Hall–Kier alpha value is -2.59. The van der Waals surface area contributed by atoms with E-state index < -0.39 is 5.63 Å². The lowest BCUT2D eigenvalue weighted by molar-refractivity contribution is 0.466. The topological polar surface area (TPSA) is 62.5 Å². The van der Waals surface area contributed by atoms with Gasteiger partial charge in [-0.25, -0.2) is 4.79 Å². The van der Waals surface area contributed by atoms with Gasteiger partial charge in [-0.05, 0) is 36.1 Å². The first kappa shape index (κ1) is 16.3. The Kier molecular flexibility index (Phi) is 4.67. The van der Waals surface area contributed by atoms with Crippen molar-refractivity contribution in [2.75, 3.05) is 0 Å². The number of aromatic hydroxyl groups is 1. The summed E-state index contributed by atoms with van der Waals surface area (Å²) in [6, 6.07) is 15.3. The van der Waals surface area contributed by atoms with Crippen LogP contribution in [0.2, 0.25) is 0 Å². The third kappa shape index (κ3) is 3.34. The van der Waals surface area contributed by atoms with Gasteiger partial charge >= 0.3 is 5.63 Å². The van der Waals surface area contributed by atoms with E-state index in [0.29, 0.717) is 18.5 Å². The molecule has 4 nitrogen and oxygen atoms in total. The summed E-state index contributed by atoms with van der Waals surface area (Å²) >= 11 is 0. The summed E-state index contributed by atoms with van der Waals surface area (Å²) in [5.41, 5.74) is 2.92. The van der Waals surface area contributed by atoms with Crippen molar-refractivity contribution < 1.29 is 9.52 Å². The number of phenols is 1. The molecule has 2 aromatic carbocycles. The average Bonchev–Trinajstić information content (AvgIpc) is 2.59. The number of hydrogen-bond donors (Lipinski definition) is 2. The summed E-state index contributed by atoms with van der Waals surface area (Å²) in [5, 5.41) is 14.3. The maximum Gasteiger partial charge on any atom is 0.336 e. The van der Waals surface area contributed by atoms with Gasteiger partial charge in [-0.1, -0.05) is 37.3 Å². The van der Waals surface area contributed by atoms with E-state index in [4.69, 9.17) is 4.42 Å². The van der Waals surface area contributed by atoms with Crippen molar-refractivity contribution in [2.24, 2.45) is 0 Å². The highest BCUT2D eigenvalue weighted by Gasteiger charge is 2.11. The Morgan fingerprint density at radius 2 is 1.88 bits per heavy atom. The Morgan fingerprint density at radius 3 is 2.58 bits per heavy atom. The van der Waals surface area contributed by atoms with Crippen molar-refractivity contribution in [1.82, 2.24) is 5.32 Å². The van der Waals surface area contributed by atoms with Gasteiger partial charge in [0.1, 0.15) is 11.3 Å². The second-order valence-electron chi connectivity index (χ2n) is 5.93. The SMILES string of the molecule is CCc1cc2c(CN[C@H](C)c3ccccc3)cc(=O)oc2cc1O. The van der Waals surface area contributed by atoms with Gasteiger partial charge in [0.25, 0.3) is 0 Å². The Labute approximate surface area is 140 Å². The normalized spacial score (nSPS) is 12.4. The van der Waals surface area contributed by atoms with Gasteiger partial charge in [0.15, 0.2) is 0 Å². The van der Waals surface area contributed by atoms with Crippen LogP contribution in [0.3, 0.4) is 0 Å². The Balaban J connectivity index is 1.92. The van der Waals surface area contributed by atoms with E-state index in [9.17, 15) is 9.90 Å². The predicted molar refractivity (Wildman–Crippen MR) is 95.2 cm³/mol. The number of fused-ring (bicyclic) bond motifs is 1. The van der Waals surface area contributed by atoms with Gasteiger partial charge in [-0.3, -0.25) is 0 Å². The molecular formula is C20H21NO3. The fourth-order valence-electron chi connectivity index (χ4n) is 2.86. The van der Waals surface area contributed by atoms with Gasteiger partial charge in [0.2, 0.25) is 0 Å². The molecule has 0 fully saturated rings. The minimum atomic E-state index is -0.407. The van der Waals surface area contributed by atoms with Crippen LogP contribution >= 0.6 is 0 Å². The maximum absolute atomic E-state index is 11.8. The van der Waals surface area contributed by atoms with E-state index in [1.165, 1.54) is 17.7 Å². The van der Waals surface area contributed by atoms with Crippen LogP contribution in [0.15, 0.2) is 57.7 Å². The molecule has 0 unspecified atom stereocenters. The van der Waals surface area contributed by atoms with Crippen molar-refractivity contribution in [2.45, 2.75) is 32.9 Å². The second-order valence-corrected chi connectivity index (χ2v) is 5.93. The molecule has 0 saturated heterocycles. The molecule has 0 spiro atoms. The fraction of sp³-hybridized carbons (Fsp3) is 0.250. The molecule has 0 radical (unpaired) electrons. The van der Waals surface area contributed by atoms with Crippen molar-refractivity contribution in [3.63, 3.8) is 0 Å². The molecule has 0 bridgehead atoms. The number of nitrogens with one attached hydrogen (secondary N) is 1. The molecule has 1 aromatic heterocycles. The van der Waals surface area contributed by atoms with Gasteiger partial charge < -0.3 is 14.8 Å². The molecule has 2 N–H and O–H groups in total. The number of phenolic OH excluding ortho intramolecular Hbond substituents is 1. The molecule has 0 amide bonds. The summed E-state index contributed by atoms with van der Waals surface area (Å²) in [4.78, 5) is 11.8. The molecule has 0 saturated carbocycles. The first-order valence-corrected chi connectivity index (χ1v) is 8.15. The first-order valence-electron chi connectivity index (χ1n) is 8.15. The molecule has 1 atom stereocenters. The van der Waals surface area contributed by atoms with Crippen LogP contribution in [0.1, 0.15) is 36.6 Å². The number of hydrogen-bond acceptors (Lipinski definition) is 4. The second kappa shape index (κ2) is 6.89. The van der Waals surface area contributed by atoms with Gasteiger partial charge in [-0.15, -0.1) is 0 Å². The van der Waals surface area contributed by atoms with E-state index in [1.807, 2.05) is 31.2 Å². The largest absolute Gasteiger partial charge is 0.508 e. The molecule has 0 aliphatic heterocycles. The Morgan fingerprint density at radius 1 is 1.12 bits per heavy atom. The summed E-state index contributed by atoms with van der Waals surface area (Å²) in [6.45, 7) is 4.62. The van der Waals surface area contributed by atoms with Crippen LogP contribution in [-0.2, 0) is 13.0 Å². The minimum Gasteiger partial charge on any atom is -0.508 e. The van der Waals surface area contributed by atoms with Crippen LogP contribution in [-0.4, -0.2) is 5.11 Å². The van der Waals surface area contributed by atoms with E-state index >= 15 is 0 Å². The van der Waals surface area contributed by atoms with Crippen molar-refractivity contribution in [3.05, 3.63) is 75.6 Å².